The highest BCUT2D eigenvalue weighted by Gasteiger charge is 2.22. The van der Waals surface area contributed by atoms with E-state index in [9.17, 15) is 5.11 Å². The Hall–Kier alpha value is -1.36. The number of nitrogens with zero attached hydrogens (tertiary/aromatic N) is 2. The maximum absolute atomic E-state index is 9.29. The van der Waals surface area contributed by atoms with Crippen LogP contribution < -0.4 is 10.6 Å². The molecule has 0 aliphatic rings. The van der Waals surface area contributed by atoms with Crippen LogP contribution in [0.1, 0.15) is 52.9 Å². The van der Waals surface area contributed by atoms with Gasteiger partial charge in [0, 0.05) is 30.2 Å². The molecule has 1 rings (SSSR count). The van der Waals surface area contributed by atoms with Gasteiger partial charge in [-0.2, -0.15) is 0 Å². The molecule has 5 heteroatoms. The molecule has 0 bridgehead atoms. The Balaban J connectivity index is 3.20. The van der Waals surface area contributed by atoms with E-state index in [0.717, 1.165) is 29.6 Å². The van der Waals surface area contributed by atoms with Crippen LogP contribution in [0.25, 0.3) is 0 Å². The number of hydrogen-bond donors (Lipinski definition) is 3. The number of aliphatic hydroxyl groups excluding tert-OH is 1. The highest BCUT2D eigenvalue weighted by atomic mass is 16.3. The van der Waals surface area contributed by atoms with Crippen molar-refractivity contribution in [3.05, 3.63) is 11.4 Å². The SMILES string of the molecule is CCNc1nc(C(C)(C)C)nc(NC(C)C(C)CO)c1C. The molecule has 2 atom stereocenters. The zero-order valence-corrected chi connectivity index (χ0v) is 14.4. The quantitative estimate of drug-likeness (QED) is 0.752. The largest absolute Gasteiger partial charge is 0.396 e. The minimum Gasteiger partial charge on any atom is -0.396 e. The van der Waals surface area contributed by atoms with E-state index in [4.69, 9.17) is 4.98 Å². The zero-order chi connectivity index (χ0) is 16.2. The van der Waals surface area contributed by atoms with Crippen LogP contribution >= 0.6 is 0 Å². The average molecular weight is 294 g/mol. The molecule has 3 N–H and O–H groups in total. The van der Waals surface area contributed by atoms with E-state index in [-0.39, 0.29) is 24.0 Å². The minimum absolute atomic E-state index is 0.111. The smallest absolute Gasteiger partial charge is 0.138 e. The van der Waals surface area contributed by atoms with Crippen molar-refractivity contribution in [1.82, 2.24) is 9.97 Å². The van der Waals surface area contributed by atoms with Crippen LogP contribution in [-0.4, -0.2) is 34.3 Å². The predicted octanol–water partition coefficient (Wildman–Crippen LogP) is 2.94. The lowest BCUT2D eigenvalue weighted by Gasteiger charge is -2.25. The number of aromatic nitrogens is 2. The summed E-state index contributed by atoms with van der Waals surface area (Å²) in [5.74, 6) is 2.71. The van der Waals surface area contributed by atoms with Crippen LogP contribution in [0.5, 0.6) is 0 Å². The normalized spacial score (nSPS) is 14.7. The Kier molecular flexibility index (Phi) is 5.96. The van der Waals surface area contributed by atoms with Gasteiger partial charge in [-0.3, -0.25) is 0 Å². The van der Waals surface area contributed by atoms with Gasteiger partial charge in [0.1, 0.15) is 17.5 Å². The molecule has 0 amide bonds. The van der Waals surface area contributed by atoms with Gasteiger partial charge in [0.15, 0.2) is 0 Å². The van der Waals surface area contributed by atoms with E-state index in [1.807, 2.05) is 13.8 Å². The third-order valence-electron chi connectivity index (χ3n) is 3.67. The van der Waals surface area contributed by atoms with Crippen molar-refractivity contribution in [2.45, 2.75) is 59.9 Å². The number of aliphatic hydroxyl groups is 1. The summed E-state index contributed by atoms with van der Waals surface area (Å²) in [6.07, 6.45) is 0. The van der Waals surface area contributed by atoms with Crippen molar-refractivity contribution in [2.24, 2.45) is 5.92 Å². The molecule has 5 nitrogen and oxygen atoms in total. The predicted molar refractivity (Wildman–Crippen MR) is 89.0 cm³/mol. The highest BCUT2D eigenvalue weighted by Crippen LogP contribution is 2.27. The van der Waals surface area contributed by atoms with Crippen LogP contribution in [0, 0.1) is 12.8 Å². The van der Waals surface area contributed by atoms with Crippen LogP contribution in [0.3, 0.4) is 0 Å². The summed E-state index contributed by atoms with van der Waals surface area (Å²) >= 11 is 0. The number of anilines is 2. The summed E-state index contributed by atoms with van der Waals surface area (Å²) in [7, 11) is 0. The molecule has 0 aliphatic heterocycles. The average Bonchev–Trinajstić information content (AvgIpc) is 2.40. The Labute approximate surface area is 128 Å². The fourth-order valence-electron chi connectivity index (χ4n) is 1.85. The second-order valence-electron chi connectivity index (χ2n) is 6.74. The van der Waals surface area contributed by atoms with Gasteiger partial charge in [-0.15, -0.1) is 0 Å². The summed E-state index contributed by atoms with van der Waals surface area (Å²) in [5.41, 5.74) is 0.905. The van der Waals surface area contributed by atoms with Gasteiger partial charge in [-0.25, -0.2) is 9.97 Å². The van der Waals surface area contributed by atoms with Gasteiger partial charge in [-0.05, 0) is 26.7 Å². The second kappa shape index (κ2) is 7.07. The fourth-order valence-corrected chi connectivity index (χ4v) is 1.85. The van der Waals surface area contributed by atoms with Crippen LogP contribution in [-0.2, 0) is 5.41 Å². The molecule has 0 spiro atoms. The molecule has 21 heavy (non-hydrogen) atoms. The van der Waals surface area contributed by atoms with Crippen molar-refractivity contribution >= 4 is 11.6 Å². The molecule has 0 radical (unpaired) electrons. The molecule has 120 valence electrons. The van der Waals surface area contributed by atoms with Crippen LogP contribution in [0.4, 0.5) is 11.6 Å². The molecule has 1 aromatic heterocycles. The zero-order valence-electron chi connectivity index (χ0n) is 14.4. The minimum atomic E-state index is -0.111. The van der Waals surface area contributed by atoms with E-state index in [1.54, 1.807) is 0 Å². The van der Waals surface area contributed by atoms with Gasteiger partial charge >= 0.3 is 0 Å². The first kappa shape index (κ1) is 17.7. The lowest BCUT2D eigenvalue weighted by molar-refractivity contribution is 0.226. The molecular formula is C16H30N4O. The topological polar surface area (TPSA) is 70.1 Å². The molecule has 0 aromatic carbocycles. The Morgan fingerprint density at radius 2 is 1.71 bits per heavy atom. The maximum Gasteiger partial charge on any atom is 0.138 e. The Bertz CT molecular complexity index is 468. The lowest BCUT2D eigenvalue weighted by Crippen LogP contribution is -2.28. The lowest BCUT2D eigenvalue weighted by atomic mass is 9.95. The van der Waals surface area contributed by atoms with Crippen molar-refractivity contribution in [2.75, 3.05) is 23.8 Å². The van der Waals surface area contributed by atoms with Crippen LogP contribution in [0.2, 0.25) is 0 Å². The molecule has 0 saturated heterocycles. The van der Waals surface area contributed by atoms with Gasteiger partial charge in [0.2, 0.25) is 0 Å². The molecule has 2 unspecified atom stereocenters. The van der Waals surface area contributed by atoms with E-state index >= 15 is 0 Å². The van der Waals surface area contributed by atoms with Gasteiger partial charge < -0.3 is 15.7 Å². The van der Waals surface area contributed by atoms with Gasteiger partial charge in [0.25, 0.3) is 0 Å². The third-order valence-corrected chi connectivity index (χ3v) is 3.67. The van der Waals surface area contributed by atoms with Crippen molar-refractivity contribution in [3.8, 4) is 0 Å². The standard InChI is InChI=1S/C16H30N4O/c1-8-17-13-11(3)14(18-12(4)10(2)9-21)20-15(19-13)16(5,6)7/h10,12,21H,8-9H2,1-7H3,(H2,17,18,19,20). The molecule has 0 aliphatic carbocycles. The first-order valence-corrected chi connectivity index (χ1v) is 7.71. The van der Waals surface area contributed by atoms with E-state index < -0.39 is 0 Å². The van der Waals surface area contributed by atoms with E-state index in [1.165, 1.54) is 0 Å². The number of nitrogens with one attached hydrogen (secondary N) is 2. The Morgan fingerprint density at radius 1 is 1.14 bits per heavy atom. The fraction of sp³-hybridized carbons (Fsp3) is 0.750. The van der Waals surface area contributed by atoms with Crippen molar-refractivity contribution in [3.63, 3.8) is 0 Å². The summed E-state index contributed by atoms with van der Waals surface area (Å²) < 4.78 is 0. The third kappa shape index (κ3) is 4.56. The maximum atomic E-state index is 9.29. The molecule has 1 aromatic rings. The number of hydrogen-bond acceptors (Lipinski definition) is 5. The molecule has 0 fully saturated rings. The Morgan fingerprint density at radius 3 is 2.19 bits per heavy atom. The summed E-state index contributed by atoms with van der Waals surface area (Å²) in [6, 6.07) is 0.144. The number of rotatable bonds is 6. The molecule has 0 saturated carbocycles. The first-order valence-electron chi connectivity index (χ1n) is 7.71. The van der Waals surface area contributed by atoms with Crippen molar-refractivity contribution < 1.29 is 5.11 Å². The monoisotopic (exact) mass is 294 g/mol. The molecule has 1 heterocycles. The summed E-state index contributed by atoms with van der Waals surface area (Å²) in [6.45, 7) is 15.5. The van der Waals surface area contributed by atoms with E-state index in [2.05, 4.69) is 50.2 Å². The van der Waals surface area contributed by atoms with Gasteiger partial charge in [-0.1, -0.05) is 27.7 Å². The van der Waals surface area contributed by atoms with Gasteiger partial charge in [0.05, 0.1) is 0 Å². The summed E-state index contributed by atoms with van der Waals surface area (Å²) in [5, 5.41) is 16.0. The highest BCUT2D eigenvalue weighted by molar-refractivity contribution is 5.58. The molecular weight excluding hydrogens is 264 g/mol. The van der Waals surface area contributed by atoms with E-state index in [0.29, 0.717) is 0 Å². The second-order valence-corrected chi connectivity index (χ2v) is 6.74. The van der Waals surface area contributed by atoms with Crippen molar-refractivity contribution in [1.29, 1.82) is 0 Å². The van der Waals surface area contributed by atoms with Crippen LogP contribution in [0.15, 0.2) is 0 Å². The summed E-state index contributed by atoms with van der Waals surface area (Å²) in [4.78, 5) is 9.35. The first-order chi connectivity index (χ1) is 9.70.